The Bertz CT molecular complexity index is 380. The monoisotopic (exact) mass is 248 g/mol. The lowest BCUT2D eigenvalue weighted by Gasteiger charge is -2.37. The molecular weight excluding hydrogens is 224 g/mol. The van der Waals surface area contributed by atoms with Gasteiger partial charge in [0, 0.05) is 24.8 Å². The van der Waals surface area contributed by atoms with Gasteiger partial charge in [-0.25, -0.2) is 9.97 Å². The van der Waals surface area contributed by atoms with E-state index in [1.165, 1.54) is 6.42 Å². The zero-order valence-corrected chi connectivity index (χ0v) is 11.5. The van der Waals surface area contributed by atoms with Crippen LogP contribution in [0.1, 0.15) is 32.4 Å². The minimum absolute atomic E-state index is 0.586. The molecule has 0 aromatic carbocycles. The molecule has 0 radical (unpaired) electrons. The number of anilines is 1. The maximum Gasteiger partial charge on any atom is 0.132 e. The van der Waals surface area contributed by atoms with Gasteiger partial charge in [-0.15, -0.1) is 0 Å². The lowest BCUT2D eigenvalue weighted by atomic mass is 9.87. The number of aromatic nitrogens is 2. The van der Waals surface area contributed by atoms with Crippen LogP contribution in [0.5, 0.6) is 0 Å². The first kappa shape index (κ1) is 13.3. The van der Waals surface area contributed by atoms with Crippen molar-refractivity contribution in [2.24, 2.45) is 17.6 Å². The number of hydrogen-bond donors (Lipinski definition) is 1. The smallest absolute Gasteiger partial charge is 0.132 e. The van der Waals surface area contributed by atoms with E-state index in [1.54, 1.807) is 6.33 Å². The highest BCUT2D eigenvalue weighted by Crippen LogP contribution is 2.25. The van der Waals surface area contributed by atoms with Crippen LogP contribution in [0.2, 0.25) is 0 Å². The van der Waals surface area contributed by atoms with Gasteiger partial charge in [0.05, 0.1) is 0 Å². The van der Waals surface area contributed by atoms with Crippen molar-refractivity contribution in [2.75, 3.05) is 24.5 Å². The van der Waals surface area contributed by atoms with Crippen LogP contribution < -0.4 is 10.6 Å². The summed E-state index contributed by atoms with van der Waals surface area (Å²) in [5.74, 6) is 2.38. The van der Waals surface area contributed by atoms with Gasteiger partial charge in [-0.3, -0.25) is 0 Å². The first-order chi connectivity index (χ1) is 8.74. The van der Waals surface area contributed by atoms with Crippen LogP contribution in [-0.4, -0.2) is 29.6 Å². The van der Waals surface area contributed by atoms with Crippen LogP contribution in [0.25, 0.3) is 0 Å². The first-order valence-electron chi connectivity index (χ1n) is 7.00. The first-order valence-corrected chi connectivity index (χ1v) is 7.00. The lowest BCUT2D eigenvalue weighted by Crippen LogP contribution is -2.43. The van der Waals surface area contributed by atoms with E-state index in [2.05, 4.69) is 34.8 Å². The molecule has 0 aliphatic carbocycles. The van der Waals surface area contributed by atoms with Crippen molar-refractivity contribution >= 4 is 5.82 Å². The number of hydrogen-bond acceptors (Lipinski definition) is 4. The van der Waals surface area contributed by atoms with Crippen LogP contribution in [0.3, 0.4) is 0 Å². The fourth-order valence-electron chi connectivity index (χ4n) is 2.62. The predicted octanol–water partition coefficient (Wildman–Crippen LogP) is 1.85. The van der Waals surface area contributed by atoms with Crippen molar-refractivity contribution in [3.05, 3.63) is 18.1 Å². The van der Waals surface area contributed by atoms with E-state index in [0.717, 1.165) is 49.9 Å². The Morgan fingerprint density at radius 1 is 1.44 bits per heavy atom. The van der Waals surface area contributed by atoms with Crippen molar-refractivity contribution in [3.8, 4) is 0 Å². The van der Waals surface area contributed by atoms with Gasteiger partial charge in [0.25, 0.3) is 0 Å². The third-order valence-electron chi connectivity index (χ3n) is 3.96. The van der Waals surface area contributed by atoms with Gasteiger partial charge in [0.2, 0.25) is 0 Å². The summed E-state index contributed by atoms with van der Waals surface area (Å²) in [4.78, 5) is 11.1. The Labute approximate surface area is 110 Å². The molecule has 2 unspecified atom stereocenters. The van der Waals surface area contributed by atoms with E-state index in [9.17, 15) is 0 Å². The van der Waals surface area contributed by atoms with Crippen molar-refractivity contribution in [1.29, 1.82) is 0 Å². The molecule has 2 N–H and O–H groups in total. The third kappa shape index (κ3) is 2.99. The largest absolute Gasteiger partial charge is 0.356 e. The second kappa shape index (κ2) is 6.14. The minimum atomic E-state index is 0.586. The summed E-state index contributed by atoms with van der Waals surface area (Å²) in [6, 6.07) is 2.13. The highest BCUT2D eigenvalue weighted by Gasteiger charge is 2.25. The van der Waals surface area contributed by atoms with Gasteiger partial charge in [0.1, 0.15) is 12.1 Å². The summed E-state index contributed by atoms with van der Waals surface area (Å²) in [5, 5.41) is 0. The quantitative estimate of drug-likeness (QED) is 0.883. The van der Waals surface area contributed by atoms with Crippen LogP contribution in [-0.2, 0) is 6.42 Å². The zero-order valence-electron chi connectivity index (χ0n) is 11.5. The molecule has 0 amide bonds. The molecule has 100 valence electrons. The third-order valence-corrected chi connectivity index (χ3v) is 3.96. The van der Waals surface area contributed by atoms with Crippen LogP contribution >= 0.6 is 0 Å². The molecule has 2 atom stereocenters. The summed E-state index contributed by atoms with van der Waals surface area (Å²) < 4.78 is 0. The zero-order chi connectivity index (χ0) is 13.0. The van der Waals surface area contributed by atoms with Gasteiger partial charge in [-0.2, -0.15) is 0 Å². The molecule has 0 bridgehead atoms. The normalized spacial score (nSPS) is 24.3. The van der Waals surface area contributed by atoms with E-state index in [4.69, 9.17) is 5.73 Å². The van der Waals surface area contributed by atoms with Gasteiger partial charge in [0.15, 0.2) is 0 Å². The Balaban J connectivity index is 2.09. The summed E-state index contributed by atoms with van der Waals surface area (Å²) in [6.45, 7) is 7.36. The molecule has 1 fully saturated rings. The number of aryl methyl sites for hydroxylation is 1. The molecule has 1 saturated heterocycles. The number of nitrogens with two attached hydrogens (primary N) is 1. The van der Waals surface area contributed by atoms with Crippen molar-refractivity contribution < 1.29 is 0 Å². The van der Waals surface area contributed by atoms with E-state index >= 15 is 0 Å². The molecule has 2 rings (SSSR count). The minimum Gasteiger partial charge on any atom is -0.356 e. The Kier molecular flexibility index (Phi) is 4.53. The SMILES string of the molecule is CCCc1cc(N2CCC(C)C(CN)C2)ncn1. The van der Waals surface area contributed by atoms with Crippen molar-refractivity contribution in [2.45, 2.75) is 33.1 Å². The lowest BCUT2D eigenvalue weighted by molar-refractivity contribution is 0.307. The van der Waals surface area contributed by atoms with Crippen LogP contribution in [0.15, 0.2) is 12.4 Å². The van der Waals surface area contributed by atoms with E-state index in [0.29, 0.717) is 5.92 Å². The number of piperidine rings is 1. The molecule has 1 aliphatic heterocycles. The second-order valence-corrected chi connectivity index (χ2v) is 5.33. The maximum absolute atomic E-state index is 5.85. The molecule has 1 aromatic rings. The predicted molar refractivity (Wildman–Crippen MR) is 74.6 cm³/mol. The van der Waals surface area contributed by atoms with E-state index in [1.807, 2.05) is 0 Å². The summed E-state index contributed by atoms with van der Waals surface area (Å²) in [5.41, 5.74) is 7.00. The average Bonchev–Trinajstić information content (AvgIpc) is 2.40. The standard InChI is InChI=1S/C14H24N4/c1-3-4-13-7-14(17-10-16-13)18-6-5-11(2)12(8-15)9-18/h7,10-12H,3-6,8-9,15H2,1-2H3. The molecule has 0 saturated carbocycles. The fourth-order valence-corrected chi connectivity index (χ4v) is 2.62. The molecule has 18 heavy (non-hydrogen) atoms. The molecular formula is C14H24N4. The Hall–Kier alpha value is -1.16. The molecule has 2 heterocycles. The number of nitrogens with zero attached hydrogens (tertiary/aromatic N) is 3. The number of rotatable bonds is 4. The van der Waals surface area contributed by atoms with Gasteiger partial charge >= 0.3 is 0 Å². The second-order valence-electron chi connectivity index (χ2n) is 5.33. The maximum atomic E-state index is 5.85. The van der Waals surface area contributed by atoms with Crippen LogP contribution in [0, 0.1) is 11.8 Å². The Morgan fingerprint density at radius 2 is 2.28 bits per heavy atom. The summed E-state index contributed by atoms with van der Waals surface area (Å²) >= 11 is 0. The molecule has 4 heteroatoms. The topological polar surface area (TPSA) is 55.0 Å². The van der Waals surface area contributed by atoms with Crippen molar-refractivity contribution in [3.63, 3.8) is 0 Å². The fraction of sp³-hybridized carbons (Fsp3) is 0.714. The Morgan fingerprint density at radius 3 is 3.00 bits per heavy atom. The molecule has 1 aromatic heterocycles. The van der Waals surface area contributed by atoms with Gasteiger partial charge in [-0.05, 0) is 31.2 Å². The van der Waals surface area contributed by atoms with E-state index < -0.39 is 0 Å². The van der Waals surface area contributed by atoms with Crippen molar-refractivity contribution in [1.82, 2.24) is 9.97 Å². The highest BCUT2D eigenvalue weighted by atomic mass is 15.2. The molecule has 1 aliphatic rings. The average molecular weight is 248 g/mol. The molecule has 0 spiro atoms. The molecule has 4 nitrogen and oxygen atoms in total. The van der Waals surface area contributed by atoms with E-state index in [-0.39, 0.29) is 0 Å². The summed E-state index contributed by atoms with van der Waals surface area (Å²) in [6.07, 6.45) is 5.05. The van der Waals surface area contributed by atoms with Gasteiger partial charge in [-0.1, -0.05) is 20.3 Å². The van der Waals surface area contributed by atoms with Crippen LogP contribution in [0.4, 0.5) is 5.82 Å². The highest BCUT2D eigenvalue weighted by molar-refractivity contribution is 5.39. The van der Waals surface area contributed by atoms with Gasteiger partial charge < -0.3 is 10.6 Å². The summed E-state index contributed by atoms with van der Waals surface area (Å²) in [7, 11) is 0.